The number of amides is 2. The van der Waals surface area contributed by atoms with Gasteiger partial charge in [-0.25, -0.2) is 4.39 Å². The Morgan fingerprint density at radius 3 is 2.59 bits per heavy atom. The summed E-state index contributed by atoms with van der Waals surface area (Å²) in [5, 5.41) is 2.01. The Hall–Kier alpha value is -3.19. The number of nitrogens with zero attached hydrogens (tertiary/aromatic N) is 2. The normalized spacial score (nSPS) is 15.2. The van der Waals surface area contributed by atoms with Gasteiger partial charge in [-0.2, -0.15) is 0 Å². The van der Waals surface area contributed by atoms with E-state index in [2.05, 4.69) is 0 Å². The van der Waals surface area contributed by atoms with E-state index in [4.69, 9.17) is 4.74 Å². The molecule has 0 aliphatic carbocycles. The summed E-state index contributed by atoms with van der Waals surface area (Å²) >= 11 is 1.66. The number of carbonyl (C=O) groups is 2. The van der Waals surface area contributed by atoms with Crippen LogP contribution in [-0.2, 0) is 11.2 Å². The molecular weight excluding hydrogens is 451 g/mol. The molecule has 0 N–H and O–H groups in total. The summed E-state index contributed by atoms with van der Waals surface area (Å²) in [5.74, 6) is -0.347. The number of hydrogen-bond donors (Lipinski definition) is 0. The van der Waals surface area contributed by atoms with Crippen LogP contribution in [0.3, 0.4) is 0 Å². The van der Waals surface area contributed by atoms with E-state index in [0.29, 0.717) is 18.7 Å². The second-order valence-electron chi connectivity index (χ2n) is 8.84. The molecule has 5 nitrogen and oxygen atoms in total. The zero-order valence-electron chi connectivity index (χ0n) is 19.4. The van der Waals surface area contributed by atoms with Gasteiger partial charge in [0.1, 0.15) is 13.2 Å². The van der Waals surface area contributed by atoms with Crippen molar-refractivity contribution in [2.45, 2.75) is 26.3 Å². The lowest BCUT2D eigenvalue weighted by Crippen LogP contribution is -2.48. The lowest BCUT2D eigenvalue weighted by atomic mass is 10.00. The Morgan fingerprint density at radius 2 is 1.85 bits per heavy atom. The quantitative estimate of drug-likeness (QED) is 0.446. The van der Waals surface area contributed by atoms with Crippen molar-refractivity contribution in [1.29, 1.82) is 0 Å². The molecule has 0 saturated carbocycles. The number of halogens is 1. The number of benzene rings is 2. The van der Waals surface area contributed by atoms with Gasteiger partial charge in [-0.1, -0.05) is 44.2 Å². The monoisotopic (exact) mass is 480 g/mol. The van der Waals surface area contributed by atoms with Crippen LogP contribution >= 0.6 is 11.3 Å². The first kappa shape index (κ1) is 24.0. The van der Waals surface area contributed by atoms with Gasteiger partial charge in [0.2, 0.25) is 5.91 Å². The molecule has 0 saturated heterocycles. The molecule has 2 amide bonds. The van der Waals surface area contributed by atoms with Crippen LogP contribution in [0.25, 0.3) is 0 Å². The van der Waals surface area contributed by atoms with Gasteiger partial charge in [-0.3, -0.25) is 9.59 Å². The number of carbonyl (C=O) groups excluding carboxylic acids is 2. The van der Waals surface area contributed by atoms with Crippen LogP contribution in [-0.4, -0.2) is 47.9 Å². The SMILES string of the molecule is CC(C)CN(CC(=O)N1CCc2sccc2[C@H]1COc1ccccc1F)C(=O)c1ccccc1. The minimum absolute atomic E-state index is 0.0123. The van der Waals surface area contributed by atoms with Gasteiger partial charge in [-0.15, -0.1) is 11.3 Å². The summed E-state index contributed by atoms with van der Waals surface area (Å²) in [5.41, 5.74) is 1.60. The second kappa shape index (κ2) is 10.8. The molecule has 1 atom stereocenters. The highest BCUT2D eigenvalue weighted by atomic mass is 32.1. The Labute approximate surface area is 203 Å². The predicted octanol–water partition coefficient (Wildman–Crippen LogP) is 5.19. The topological polar surface area (TPSA) is 49.9 Å². The molecule has 0 spiro atoms. The van der Waals surface area contributed by atoms with Crippen molar-refractivity contribution in [2.24, 2.45) is 5.92 Å². The molecule has 0 unspecified atom stereocenters. The minimum atomic E-state index is -0.432. The molecular formula is C27H29FN2O3S. The van der Waals surface area contributed by atoms with E-state index in [-0.39, 0.29) is 42.7 Å². The lowest BCUT2D eigenvalue weighted by molar-refractivity contribution is -0.135. The maximum atomic E-state index is 14.1. The maximum Gasteiger partial charge on any atom is 0.254 e. The van der Waals surface area contributed by atoms with Gasteiger partial charge >= 0.3 is 0 Å². The van der Waals surface area contributed by atoms with E-state index in [0.717, 1.165) is 12.0 Å². The summed E-state index contributed by atoms with van der Waals surface area (Å²) in [6.45, 7) is 5.20. The predicted molar refractivity (Wildman–Crippen MR) is 132 cm³/mol. The molecule has 178 valence electrons. The van der Waals surface area contributed by atoms with E-state index in [1.165, 1.54) is 10.9 Å². The second-order valence-corrected chi connectivity index (χ2v) is 9.84. The fourth-order valence-corrected chi connectivity index (χ4v) is 5.21. The van der Waals surface area contributed by atoms with Crippen molar-refractivity contribution in [3.05, 3.63) is 87.9 Å². The average molecular weight is 481 g/mol. The van der Waals surface area contributed by atoms with E-state index in [1.807, 2.05) is 43.5 Å². The summed E-state index contributed by atoms with van der Waals surface area (Å²) in [4.78, 5) is 31.3. The van der Waals surface area contributed by atoms with Gasteiger partial charge < -0.3 is 14.5 Å². The Balaban J connectivity index is 1.54. The molecule has 1 aliphatic rings. The van der Waals surface area contributed by atoms with E-state index in [9.17, 15) is 14.0 Å². The van der Waals surface area contributed by atoms with Crippen molar-refractivity contribution in [3.8, 4) is 5.75 Å². The smallest absolute Gasteiger partial charge is 0.254 e. The molecule has 3 aromatic rings. The molecule has 0 bridgehead atoms. The number of para-hydroxylation sites is 1. The molecule has 1 aromatic heterocycles. The maximum absolute atomic E-state index is 14.1. The molecule has 2 heterocycles. The number of fused-ring (bicyclic) bond motifs is 1. The van der Waals surface area contributed by atoms with Gasteiger partial charge in [0, 0.05) is 23.5 Å². The number of hydrogen-bond acceptors (Lipinski definition) is 4. The number of thiophene rings is 1. The van der Waals surface area contributed by atoms with E-state index < -0.39 is 5.82 Å². The van der Waals surface area contributed by atoms with Crippen LogP contribution in [0, 0.1) is 11.7 Å². The molecule has 34 heavy (non-hydrogen) atoms. The van der Waals surface area contributed by atoms with Gasteiger partial charge in [-0.05, 0) is 53.6 Å². The Morgan fingerprint density at radius 1 is 1.12 bits per heavy atom. The largest absolute Gasteiger partial charge is 0.488 e. The van der Waals surface area contributed by atoms with Crippen LogP contribution in [0.4, 0.5) is 4.39 Å². The first-order valence-electron chi connectivity index (χ1n) is 11.5. The fourth-order valence-electron chi connectivity index (χ4n) is 4.28. The first-order valence-corrected chi connectivity index (χ1v) is 12.4. The summed E-state index contributed by atoms with van der Waals surface area (Å²) in [7, 11) is 0. The van der Waals surface area contributed by atoms with Crippen LogP contribution < -0.4 is 4.74 Å². The van der Waals surface area contributed by atoms with Gasteiger partial charge in [0.05, 0.1) is 6.04 Å². The van der Waals surface area contributed by atoms with Gasteiger partial charge in [0.15, 0.2) is 11.6 Å². The zero-order chi connectivity index (χ0) is 24.1. The minimum Gasteiger partial charge on any atom is -0.488 e. The first-order chi connectivity index (χ1) is 16.4. The number of ether oxygens (including phenoxy) is 1. The molecule has 0 radical (unpaired) electrons. The third-order valence-electron chi connectivity index (χ3n) is 5.87. The Bertz CT molecular complexity index is 1130. The average Bonchev–Trinajstić information content (AvgIpc) is 3.32. The third kappa shape index (κ3) is 5.47. The summed E-state index contributed by atoms with van der Waals surface area (Å²) in [6.07, 6.45) is 0.756. The van der Waals surface area contributed by atoms with Crippen LogP contribution in [0.1, 0.15) is 40.7 Å². The van der Waals surface area contributed by atoms with Crippen molar-refractivity contribution in [1.82, 2.24) is 9.80 Å². The van der Waals surface area contributed by atoms with Crippen LogP contribution in [0.5, 0.6) is 5.75 Å². The highest BCUT2D eigenvalue weighted by Crippen LogP contribution is 2.34. The van der Waals surface area contributed by atoms with Crippen molar-refractivity contribution >= 4 is 23.2 Å². The summed E-state index contributed by atoms with van der Waals surface area (Å²) < 4.78 is 20.0. The highest BCUT2D eigenvalue weighted by Gasteiger charge is 2.34. The van der Waals surface area contributed by atoms with Crippen molar-refractivity contribution in [3.63, 3.8) is 0 Å². The van der Waals surface area contributed by atoms with E-state index >= 15 is 0 Å². The van der Waals surface area contributed by atoms with Crippen molar-refractivity contribution < 1.29 is 18.7 Å². The Kier molecular flexibility index (Phi) is 7.63. The molecule has 1 aliphatic heterocycles. The molecule has 2 aromatic carbocycles. The summed E-state index contributed by atoms with van der Waals surface area (Å²) in [6, 6.07) is 17.0. The van der Waals surface area contributed by atoms with Crippen LogP contribution in [0.15, 0.2) is 66.0 Å². The third-order valence-corrected chi connectivity index (χ3v) is 6.86. The zero-order valence-corrected chi connectivity index (χ0v) is 20.3. The molecule has 4 rings (SSSR count). The highest BCUT2D eigenvalue weighted by molar-refractivity contribution is 7.10. The van der Waals surface area contributed by atoms with Crippen molar-refractivity contribution in [2.75, 3.05) is 26.2 Å². The van der Waals surface area contributed by atoms with Gasteiger partial charge in [0.25, 0.3) is 5.91 Å². The molecule has 7 heteroatoms. The standard InChI is InChI=1S/C27H29FN2O3S/c1-19(2)16-29(27(32)20-8-4-3-5-9-20)17-26(31)30-14-12-25-21(13-15-34-25)23(30)18-33-24-11-7-6-10-22(24)28/h3-11,13,15,19,23H,12,14,16-18H2,1-2H3/t23-/m1/s1. The number of rotatable bonds is 8. The lowest BCUT2D eigenvalue weighted by Gasteiger charge is -2.37. The van der Waals surface area contributed by atoms with Crippen LogP contribution in [0.2, 0.25) is 0 Å². The molecule has 0 fully saturated rings. The van der Waals surface area contributed by atoms with E-state index in [1.54, 1.807) is 51.5 Å². The fraction of sp³-hybridized carbons (Fsp3) is 0.333.